The van der Waals surface area contributed by atoms with E-state index in [0.717, 1.165) is 43.4 Å². The Morgan fingerprint density at radius 2 is 2.00 bits per heavy atom. The fourth-order valence-electron chi connectivity index (χ4n) is 3.33. The molecule has 0 spiro atoms. The Labute approximate surface area is 144 Å². The maximum atomic E-state index is 12.9. The number of nitrogens with two attached hydrogens (primary N) is 1. The summed E-state index contributed by atoms with van der Waals surface area (Å²) in [5.41, 5.74) is 7.44. The third kappa shape index (κ3) is 5.64. The summed E-state index contributed by atoms with van der Waals surface area (Å²) in [6.07, 6.45) is 6.36. The van der Waals surface area contributed by atoms with Gasteiger partial charge in [0, 0.05) is 31.6 Å². The van der Waals surface area contributed by atoms with E-state index in [0.29, 0.717) is 19.6 Å². The van der Waals surface area contributed by atoms with Gasteiger partial charge in [0.1, 0.15) is 0 Å². The van der Waals surface area contributed by atoms with E-state index in [1.54, 1.807) is 0 Å². The minimum atomic E-state index is -0.0922. The molecule has 0 saturated heterocycles. The maximum absolute atomic E-state index is 12.9. The minimum Gasteiger partial charge on any atom is -0.338 e. The van der Waals surface area contributed by atoms with Crippen LogP contribution >= 0.6 is 0 Å². The first-order valence-corrected chi connectivity index (χ1v) is 8.95. The highest BCUT2D eigenvalue weighted by Gasteiger charge is 2.25. The highest BCUT2D eigenvalue weighted by atomic mass is 16.2. The van der Waals surface area contributed by atoms with Crippen molar-refractivity contribution < 1.29 is 9.59 Å². The predicted octanol–water partition coefficient (Wildman–Crippen LogP) is 2.90. The molecule has 5 nitrogen and oxygen atoms in total. The van der Waals surface area contributed by atoms with Crippen molar-refractivity contribution in [2.75, 3.05) is 18.4 Å². The summed E-state index contributed by atoms with van der Waals surface area (Å²) in [7, 11) is 0. The van der Waals surface area contributed by atoms with Crippen molar-refractivity contribution in [1.29, 1.82) is 0 Å². The van der Waals surface area contributed by atoms with Gasteiger partial charge in [-0.25, -0.2) is 0 Å². The Hall–Kier alpha value is -1.88. The standard InChI is InChI=1S/C19H29N3O2/c1-15(23)21-18-10-5-7-16(13-18)14-22(12-6-11-20)19(24)17-8-3-2-4-9-17/h5,7,10,13,17H,2-4,6,8-9,11-12,14,20H2,1H3,(H,21,23). The van der Waals surface area contributed by atoms with E-state index < -0.39 is 0 Å². The van der Waals surface area contributed by atoms with Gasteiger partial charge in [-0.3, -0.25) is 9.59 Å². The Kier molecular flexibility index (Phi) is 7.25. The number of anilines is 1. The van der Waals surface area contributed by atoms with Crippen LogP contribution in [0.15, 0.2) is 24.3 Å². The van der Waals surface area contributed by atoms with Gasteiger partial charge in [-0.2, -0.15) is 0 Å². The molecular formula is C19H29N3O2. The molecule has 1 aromatic rings. The highest BCUT2D eigenvalue weighted by molar-refractivity contribution is 5.88. The molecule has 3 N–H and O–H groups in total. The van der Waals surface area contributed by atoms with Crippen LogP contribution < -0.4 is 11.1 Å². The van der Waals surface area contributed by atoms with Crippen LogP contribution in [-0.4, -0.2) is 29.8 Å². The molecule has 0 unspecified atom stereocenters. The van der Waals surface area contributed by atoms with Crippen molar-refractivity contribution >= 4 is 17.5 Å². The molecule has 2 amide bonds. The average Bonchev–Trinajstić information content (AvgIpc) is 2.58. The number of hydrogen-bond donors (Lipinski definition) is 2. The molecule has 1 aliphatic carbocycles. The van der Waals surface area contributed by atoms with Crippen LogP contribution in [-0.2, 0) is 16.1 Å². The van der Waals surface area contributed by atoms with Crippen LogP contribution in [0.1, 0.15) is 51.0 Å². The summed E-state index contributed by atoms with van der Waals surface area (Å²) in [5, 5.41) is 2.79. The number of carbonyl (C=O) groups excluding carboxylic acids is 2. The zero-order chi connectivity index (χ0) is 17.4. The van der Waals surface area contributed by atoms with Crippen LogP contribution in [0.5, 0.6) is 0 Å². The van der Waals surface area contributed by atoms with Gasteiger partial charge in [-0.15, -0.1) is 0 Å². The van der Waals surface area contributed by atoms with Gasteiger partial charge in [0.25, 0.3) is 0 Å². The number of amides is 2. The molecule has 0 aromatic heterocycles. The van der Waals surface area contributed by atoms with Crippen molar-refractivity contribution in [2.24, 2.45) is 11.7 Å². The van der Waals surface area contributed by atoms with Gasteiger partial charge >= 0.3 is 0 Å². The fourth-order valence-corrected chi connectivity index (χ4v) is 3.33. The molecule has 0 heterocycles. The van der Waals surface area contributed by atoms with Crippen molar-refractivity contribution in [2.45, 2.75) is 52.0 Å². The van der Waals surface area contributed by atoms with Gasteiger partial charge in [0.05, 0.1) is 0 Å². The summed E-state index contributed by atoms with van der Waals surface area (Å²) in [6.45, 7) is 3.34. The fraction of sp³-hybridized carbons (Fsp3) is 0.579. The van der Waals surface area contributed by atoms with Crippen molar-refractivity contribution in [3.05, 3.63) is 29.8 Å². The number of carbonyl (C=O) groups is 2. The molecule has 0 atom stereocenters. The first-order chi connectivity index (χ1) is 11.6. The summed E-state index contributed by atoms with van der Waals surface area (Å²) in [6, 6.07) is 7.70. The first kappa shape index (κ1) is 18.5. The molecule has 2 rings (SSSR count). The Balaban J connectivity index is 2.07. The van der Waals surface area contributed by atoms with Crippen molar-refractivity contribution in [3.63, 3.8) is 0 Å². The number of benzene rings is 1. The van der Waals surface area contributed by atoms with E-state index in [1.807, 2.05) is 29.2 Å². The molecule has 1 aliphatic rings. The smallest absolute Gasteiger partial charge is 0.225 e. The second-order valence-corrected chi connectivity index (χ2v) is 6.62. The van der Waals surface area contributed by atoms with Crippen LogP contribution in [0, 0.1) is 5.92 Å². The van der Waals surface area contributed by atoms with Gasteiger partial charge < -0.3 is 16.0 Å². The van der Waals surface area contributed by atoms with Gasteiger partial charge in [-0.1, -0.05) is 31.4 Å². The van der Waals surface area contributed by atoms with E-state index in [1.165, 1.54) is 13.3 Å². The van der Waals surface area contributed by atoms with E-state index in [9.17, 15) is 9.59 Å². The average molecular weight is 331 g/mol. The summed E-state index contributed by atoms with van der Waals surface area (Å²) >= 11 is 0. The molecule has 0 aliphatic heterocycles. The number of hydrogen-bond acceptors (Lipinski definition) is 3. The Bertz CT molecular complexity index is 553. The van der Waals surface area contributed by atoms with Crippen LogP contribution in [0.2, 0.25) is 0 Å². The quantitative estimate of drug-likeness (QED) is 0.806. The second kappa shape index (κ2) is 9.42. The lowest BCUT2D eigenvalue weighted by atomic mass is 9.88. The normalized spacial score (nSPS) is 15.1. The number of rotatable bonds is 7. The van der Waals surface area contributed by atoms with Crippen LogP contribution in [0.25, 0.3) is 0 Å². The van der Waals surface area contributed by atoms with E-state index in [4.69, 9.17) is 5.73 Å². The molecule has 132 valence electrons. The highest BCUT2D eigenvalue weighted by Crippen LogP contribution is 2.26. The van der Waals surface area contributed by atoms with Gasteiger partial charge in [0.15, 0.2) is 0 Å². The van der Waals surface area contributed by atoms with E-state index in [2.05, 4.69) is 5.32 Å². The largest absolute Gasteiger partial charge is 0.338 e. The van der Waals surface area contributed by atoms with E-state index in [-0.39, 0.29) is 17.7 Å². The van der Waals surface area contributed by atoms with Crippen LogP contribution in [0.4, 0.5) is 5.69 Å². The third-order valence-electron chi connectivity index (χ3n) is 4.52. The number of nitrogens with zero attached hydrogens (tertiary/aromatic N) is 1. The zero-order valence-electron chi connectivity index (χ0n) is 14.6. The Morgan fingerprint density at radius 1 is 1.25 bits per heavy atom. The van der Waals surface area contributed by atoms with Gasteiger partial charge in [-0.05, 0) is 43.5 Å². The second-order valence-electron chi connectivity index (χ2n) is 6.62. The molecule has 1 fully saturated rings. The molecule has 5 heteroatoms. The van der Waals surface area contributed by atoms with Crippen LogP contribution in [0.3, 0.4) is 0 Å². The lowest BCUT2D eigenvalue weighted by molar-refractivity contribution is -0.137. The minimum absolute atomic E-state index is 0.0922. The SMILES string of the molecule is CC(=O)Nc1cccc(CN(CCCN)C(=O)C2CCCCC2)c1. The third-order valence-corrected chi connectivity index (χ3v) is 4.52. The summed E-state index contributed by atoms with van der Waals surface area (Å²) < 4.78 is 0. The predicted molar refractivity (Wildman–Crippen MR) is 96.4 cm³/mol. The lowest BCUT2D eigenvalue weighted by Gasteiger charge is -2.29. The molecule has 24 heavy (non-hydrogen) atoms. The Morgan fingerprint density at radius 3 is 2.67 bits per heavy atom. The molecule has 1 saturated carbocycles. The first-order valence-electron chi connectivity index (χ1n) is 8.95. The lowest BCUT2D eigenvalue weighted by Crippen LogP contribution is -2.37. The maximum Gasteiger partial charge on any atom is 0.225 e. The van der Waals surface area contributed by atoms with E-state index >= 15 is 0 Å². The molecule has 0 radical (unpaired) electrons. The zero-order valence-corrected chi connectivity index (χ0v) is 14.6. The van der Waals surface area contributed by atoms with Gasteiger partial charge in [0.2, 0.25) is 11.8 Å². The van der Waals surface area contributed by atoms with Crippen molar-refractivity contribution in [1.82, 2.24) is 4.90 Å². The summed E-state index contributed by atoms with van der Waals surface area (Å²) in [5.74, 6) is 0.327. The van der Waals surface area contributed by atoms with Crippen molar-refractivity contribution in [3.8, 4) is 0 Å². The monoisotopic (exact) mass is 331 g/mol. The number of nitrogens with one attached hydrogen (secondary N) is 1. The summed E-state index contributed by atoms with van der Waals surface area (Å²) in [4.78, 5) is 26.0. The molecule has 1 aromatic carbocycles. The topological polar surface area (TPSA) is 75.4 Å². The molecule has 0 bridgehead atoms. The molecular weight excluding hydrogens is 302 g/mol.